The van der Waals surface area contributed by atoms with Crippen LogP contribution in [0, 0.1) is 0 Å². The third-order valence-corrected chi connectivity index (χ3v) is 1.90. The summed E-state index contributed by atoms with van der Waals surface area (Å²) in [5.74, 6) is 0.474. The molecule has 16 heavy (non-hydrogen) atoms. The molecule has 1 N–H and O–H groups in total. The van der Waals surface area contributed by atoms with Gasteiger partial charge in [-0.15, -0.1) is 0 Å². The summed E-state index contributed by atoms with van der Waals surface area (Å²) in [5.41, 5.74) is 0.281. The molecule has 0 fully saturated rings. The van der Waals surface area contributed by atoms with Crippen LogP contribution in [-0.4, -0.2) is 26.6 Å². The van der Waals surface area contributed by atoms with E-state index in [4.69, 9.17) is 4.74 Å². The van der Waals surface area contributed by atoms with Gasteiger partial charge >= 0.3 is 6.18 Å². The normalized spacial score (nSPS) is 13.3. The molecule has 1 rings (SSSR count). The van der Waals surface area contributed by atoms with Crippen molar-refractivity contribution in [1.82, 2.24) is 0 Å². The Morgan fingerprint density at radius 3 is 2.44 bits per heavy atom. The predicted octanol–water partition coefficient (Wildman–Crippen LogP) is 2.64. The number of nitrogens with one attached hydrogen (secondary N) is 1. The third kappa shape index (κ3) is 3.30. The van der Waals surface area contributed by atoms with E-state index in [1.807, 2.05) is 0 Å². The van der Waals surface area contributed by atoms with Crippen molar-refractivity contribution in [3.8, 4) is 5.75 Å². The molecule has 0 saturated heterocycles. The average molecular weight is 235 g/mol. The molecule has 0 aliphatic heterocycles. The Balaban J connectivity index is 2.78. The summed E-state index contributed by atoms with van der Waals surface area (Å²) in [6.07, 6.45) is -6.49. The molecule has 0 saturated carbocycles. The Bertz CT molecular complexity index is 341. The van der Waals surface area contributed by atoms with Crippen LogP contribution in [0.2, 0.25) is 0 Å². The Hall–Kier alpha value is -1.43. The van der Waals surface area contributed by atoms with Crippen LogP contribution in [0.15, 0.2) is 24.3 Å². The molecular weight excluding hydrogens is 223 g/mol. The lowest BCUT2D eigenvalue weighted by atomic mass is 10.3. The van der Waals surface area contributed by atoms with E-state index in [2.05, 4.69) is 10.1 Å². The Labute approximate surface area is 91.2 Å². The molecule has 3 nitrogen and oxygen atoms in total. The monoisotopic (exact) mass is 235 g/mol. The van der Waals surface area contributed by atoms with Crippen LogP contribution >= 0.6 is 0 Å². The first-order chi connectivity index (χ1) is 7.47. The highest BCUT2D eigenvalue weighted by Gasteiger charge is 2.40. The van der Waals surface area contributed by atoms with Crippen molar-refractivity contribution in [2.24, 2.45) is 0 Å². The van der Waals surface area contributed by atoms with Gasteiger partial charge in [0, 0.05) is 18.9 Å². The Kier molecular flexibility index (Phi) is 4.00. The molecule has 6 heteroatoms. The molecule has 0 amide bonds. The summed E-state index contributed by atoms with van der Waals surface area (Å²) in [6.45, 7) is 0. The summed E-state index contributed by atoms with van der Waals surface area (Å²) in [7, 11) is 2.43. The zero-order chi connectivity index (χ0) is 12.2. The zero-order valence-corrected chi connectivity index (χ0v) is 8.84. The highest BCUT2D eigenvalue weighted by molar-refractivity contribution is 5.48. The van der Waals surface area contributed by atoms with Crippen molar-refractivity contribution in [3.63, 3.8) is 0 Å². The molecule has 0 spiro atoms. The minimum atomic E-state index is -4.46. The van der Waals surface area contributed by atoms with E-state index in [0.717, 1.165) is 7.11 Å². The van der Waals surface area contributed by atoms with Gasteiger partial charge in [-0.1, -0.05) is 6.07 Å². The lowest BCUT2D eigenvalue weighted by Crippen LogP contribution is -2.37. The van der Waals surface area contributed by atoms with Crippen LogP contribution in [-0.2, 0) is 4.74 Å². The molecular formula is C10H12F3NO2. The lowest BCUT2D eigenvalue weighted by molar-refractivity contribution is -0.202. The molecule has 1 unspecified atom stereocenters. The van der Waals surface area contributed by atoms with Gasteiger partial charge in [0.25, 0.3) is 0 Å². The fourth-order valence-electron chi connectivity index (χ4n) is 1.14. The molecule has 0 radical (unpaired) electrons. The number of halogens is 3. The minimum absolute atomic E-state index is 0.281. The second kappa shape index (κ2) is 5.07. The average Bonchev–Trinajstić information content (AvgIpc) is 2.24. The number of hydrogen-bond donors (Lipinski definition) is 1. The van der Waals surface area contributed by atoms with Crippen molar-refractivity contribution >= 4 is 5.69 Å². The van der Waals surface area contributed by atoms with Gasteiger partial charge in [0.05, 0.1) is 7.11 Å². The van der Waals surface area contributed by atoms with Crippen LogP contribution < -0.4 is 10.1 Å². The largest absolute Gasteiger partial charge is 0.497 e. The number of methoxy groups -OCH3 is 2. The van der Waals surface area contributed by atoms with E-state index in [-0.39, 0.29) is 5.69 Å². The molecule has 1 atom stereocenters. The molecule has 0 aromatic heterocycles. The number of hydrogen-bond acceptors (Lipinski definition) is 3. The number of anilines is 1. The molecule has 0 aliphatic rings. The van der Waals surface area contributed by atoms with E-state index in [1.165, 1.54) is 19.2 Å². The summed E-state index contributed by atoms with van der Waals surface area (Å²) in [5, 5.41) is 2.22. The minimum Gasteiger partial charge on any atom is -0.497 e. The maximum absolute atomic E-state index is 12.4. The number of benzene rings is 1. The van der Waals surface area contributed by atoms with Crippen molar-refractivity contribution in [1.29, 1.82) is 0 Å². The van der Waals surface area contributed by atoms with Crippen molar-refractivity contribution in [3.05, 3.63) is 24.3 Å². The van der Waals surface area contributed by atoms with E-state index in [0.29, 0.717) is 5.75 Å². The number of ether oxygens (including phenoxy) is 2. The predicted molar refractivity (Wildman–Crippen MR) is 53.5 cm³/mol. The SMILES string of the molecule is COc1cccc(NC(OC)C(F)(F)F)c1. The van der Waals surface area contributed by atoms with Crippen LogP contribution in [0.5, 0.6) is 5.75 Å². The van der Waals surface area contributed by atoms with Gasteiger partial charge in [-0.2, -0.15) is 13.2 Å². The van der Waals surface area contributed by atoms with Crippen LogP contribution in [0.25, 0.3) is 0 Å². The lowest BCUT2D eigenvalue weighted by Gasteiger charge is -2.21. The summed E-state index contributed by atoms with van der Waals surface area (Å²) in [4.78, 5) is 0. The second-order valence-corrected chi connectivity index (χ2v) is 3.03. The number of rotatable bonds is 4. The van der Waals surface area contributed by atoms with E-state index in [1.54, 1.807) is 12.1 Å². The highest BCUT2D eigenvalue weighted by atomic mass is 19.4. The van der Waals surface area contributed by atoms with Crippen LogP contribution in [0.3, 0.4) is 0 Å². The van der Waals surface area contributed by atoms with Gasteiger partial charge in [0.2, 0.25) is 6.23 Å². The Morgan fingerprint density at radius 2 is 1.94 bits per heavy atom. The van der Waals surface area contributed by atoms with Gasteiger partial charge in [-0.05, 0) is 12.1 Å². The molecule has 0 bridgehead atoms. The van der Waals surface area contributed by atoms with E-state index in [9.17, 15) is 13.2 Å². The molecule has 0 aliphatic carbocycles. The first-order valence-electron chi connectivity index (χ1n) is 4.47. The molecule has 90 valence electrons. The van der Waals surface area contributed by atoms with Crippen molar-refractivity contribution in [2.75, 3.05) is 19.5 Å². The summed E-state index contributed by atoms with van der Waals surface area (Å²) >= 11 is 0. The van der Waals surface area contributed by atoms with Crippen LogP contribution in [0.4, 0.5) is 18.9 Å². The van der Waals surface area contributed by atoms with Gasteiger partial charge in [-0.3, -0.25) is 0 Å². The van der Waals surface area contributed by atoms with E-state index < -0.39 is 12.4 Å². The maximum atomic E-state index is 12.4. The molecule has 1 aromatic carbocycles. The van der Waals surface area contributed by atoms with Crippen LogP contribution in [0.1, 0.15) is 0 Å². The topological polar surface area (TPSA) is 30.5 Å². The molecule has 1 aromatic rings. The first-order valence-corrected chi connectivity index (χ1v) is 4.47. The Morgan fingerprint density at radius 1 is 1.25 bits per heavy atom. The quantitative estimate of drug-likeness (QED) is 0.814. The van der Waals surface area contributed by atoms with E-state index >= 15 is 0 Å². The first kappa shape index (κ1) is 12.6. The molecule has 0 heterocycles. The third-order valence-electron chi connectivity index (χ3n) is 1.90. The summed E-state index contributed by atoms with van der Waals surface area (Å²) < 4.78 is 46.3. The van der Waals surface area contributed by atoms with Gasteiger partial charge in [0.15, 0.2) is 0 Å². The fourth-order valence-corrected chi connectivity index (χ4v) is 1.14. The van der Waals surface area contributed by atoms with Gasteiger partial charge in [-0.25, -0.2) is 0 Å². The summed E-state index contributed by atoms with van der Waals surface area (Å²) in [6, 6.07) is 6.18. The fraction of sp³-hybridized carbons (Fsp3) is 0.400. The zero-order valence-electron chi connectivity index (χ0n) is 8.84. The smallest absolute Gasteiger partial charge is 0.433 e. The van der Waals surface area contributed by atoms with Crippen molar-refractivity contribution < 1.29 is 22.6 Å². The van der Waals surface area contributed by atoms with Gasteiger partial charge in [0.1, 0.15) is 5.75 Å². The van der Waals surface area contributed by atoms with Gasteiger partial charge < -0.3 is 14.8 Å². The second-order valence-electron chi connectivity index (χ2n) is 3.03. The van der Waals surface area contributed by atoms with Crippen molar-refractivity contribution in [2.45, 2.75) is 12.4 Å². The standard InChI is InChI=1S/C10H12F3NO2/c1-15-8-5-3-4-7(6-8)14-9(16-2)10(11,12)13/h3-6,9,14H,1-2H3. The maximum Gasteiger partial charge on any atom is 0.433 e. The highest BCUT2D eigenvalue weighted by Crippen LogP contribution is 2.25. The number of alkyl halides is 3.